The summed E-state index contributed by atoms with van der Waals surface area (Å²) in [5, 5.41) is 0. The van der Waals surface area contributed by atoms with E-state index < -0.39 is 15.9 Å². The second-order valence-electron chi connectivity index (χ2n) is 4.62. The van der Waals surface area contributed by atoms with E-state index in [1.54, 1.807) is 12.1 Å². The molecule has 0 heterocycles. The second kappa shape index (κ2) is 6.06. The van der Waals surface area contributed by atoms with Gasteiger partial charge in [-0.3, -0.25) is 9.10 Å². The van der Waals surface area contributed by atoms with E-state index in [1.807, 2.05) is 12.1 Å². The van der Waals surface area contributed by atoms with Crippen LogP contribution in [0.15, 0.2) is 24.3 Å². The lowest BCUT2D eigenvalue weighted by molar-refractivity contribution is -0.116. The molecular weight excluding hydrogens is 264 g/mol. The number of nitrogens with zero attached hydrogens (tertiary/aromatic N) is 1. The van der Waals surface area contributed by atoms with Crippen molar-refractivity contribution in [2.75, 3.05) is 16.6 Å². The van der Waals surface area contributed by atoms with Gasteiger partial charge in [0.1, 0.15) is 6.54 Å². The molecule has 1 aromatic rings. The SMILES string of the molecule is CCS(=O)(=O)N(CC(N)=O)c1ccc(C(C)C)cc1. The van der Waals surface area contributed by atoms with E-state index in [4.69, 9.17) is 5.73 Å². The van der Waals surface area contributed by atoms with E-state index in [9.17, 15) is 13.2 Å². The molecule has 0 saturated carbocycles. The molecule has 0 aromatic heterocycles. The number of hydrogen-bond donors (Lipinski definition) is 1. The Morgan fingerprint density at radius 2 is 1.79 bits per heavy atom. The third kappa shape index (κ3) is 3.96. The minimum Gasteiger partial charge on any atom is -0.368 e. The van der Waals surface area contributed by atoms with Gasteiger partial charge in [-0.15, -0.1) is 0 Å². The molecule has 0 radical (unpaired) electrons. The minimum absolute atomic E-state index is 0.0772. The van der Waals surface area contributed by atoms with E-state index in [-0.39, 0.29) is 12.3 Å². The first-order valence-corrected chi connectivity index (χ1v) is 7.77. The van der Waals surface area contributed by atoms with Crippen molar-refractivity contribution in [3.8, 4) is 0 Å². The Balaban J connectivity index is 3.15. The number of hydrogen-bond acceptors (Lipinski definition) is 3. The Kier molecular flexibility index (Phi) is 4.94. The molecule has 1 amide bonds. The Bertz CT molecular complexity index is 536. The molecule has 106 valence electrons. The van der Waals surface area contributed by atoms with Crippen LogP contribution in [-0.4, -0.2) is 26.6 Å². The molecule has 0 aliphatic heterocycles. The third-order valence-electron chi connectivity index (χ3n) is 2.85. The number of carbonyl (C=O) groups excluding carboxylic acids is 1. The Hall–Kier alpha value is -1.56. The van der Waals surface area contributed by atoms with Crippen molar-refractivity contribution >= 4 is 21.6 Å². The first kappa shape index (κ1) is 15.5. The van der Waals surface area contributed by atoms with Crippen LogP contribution in [0.1, 0.15) is 32.3 Å². The monoisotopic (exact) mass is 284 g/mol. The van der Waals surface area contributed by atoms with E-state index in [0.29, 0.717) is 11.6 Å². The molecule has 0 aliphatic rings. The quantitative estimate of drug-likeness (QED) is 0.858. The minimum atomic E-state index is -3.51. The van der Waals surface area contributed by atoms with Crippen LogP contribution in [0.5, 0.6) is 0 Å². The van der Waals surface area contributed by atoms with Crippen LogP contribution in [-0.2, 0) is 14.8 Å². The van der Waals surface area contributed by atoms with Crippen LogP contribution < -0.4 is 10.0 Å². The summed E-state index contributed by atoms with van der Waals surface area (Å²) in [6, 6.07) is 7.12. The van der Waals surface area contributed by atoms with Gasteiger partial charge in [-0.05, 0) is 30.5 Å². The number of carbonyl (C=O) groups is 1. The highest BCUT2D eigenvalue weighted by atomic mass is 32.2. The summed E-state index contributed by atoms with van der Waals surface area (Å²) >= 11 is 0. The van der Waals surface area contributed by atoms with Crippen molar-refractivity contribution in [3.63, 3.8) is 0 Å². The van der Waals surface area contributed by atoms with Crippen LogP contribution >= 0.6 is 0 Å². The van der Waals surface area contributed by atoms with E-state index in [2.05, 4.69) is 13.8 Å². The maximum absolute atomic E-state index is 12.0. The molecule has 0 atom stereocenters. The topological polar surface area (TPSA) is 80.5 Å². The van der Waals surface area contributed by atoms with Gasteiger partial charge in [-0.25, -0.2) is 8.42 Å². The highest BCUT2D eigenvalue weighted by Gasteiger charge is 2.22. The van der Waals surface area contributed by atoms with Gasteiger partial charge in [-0.2, -0.15) is 0 Å². The zero-order valence-corrected chi connectivity index (χ0v) is 12.3. The molecule has 0 fully saturated rings. The van der Waals surface area contributed by atoms with Gasteiger partial charge in [0.2, 0.25) is 15.9 Å². The molecule has 6 heteroatoms. The summed E-state index contributed by atoms with van der Waals surface area (Å²) in [5.41, 5.74) is 6.69. The average molecular weight is 284 g/mol. The number of nitrogens with two attached hydrogens (primary N) is 1. The largest absolute Gasteiger partial charge is 0.368 e. The van der Waals surface area contributed by atoms with Crippen molar-refractivity contribution in [2.24, 2.45) is 5.73 Å². The van der Waals surface area contributed by atoms with E-state index >= 15 is 0 Å². The fraction of sp³-hybridized carbons (Fsp3) is 0.462. The van der Waals surface area contributed by atoms with Gasteiger partial charge in [-0.1, -0.05) is 26.0 Å². The standard InChI is InChI=1S/C13H20N2O3S/c1-4-19(17,18)15(9-13(14)16)12-7-5-11(6-8-12)10(2)3/h5-8,10H,4,9H2,1-3H3,(H2,14,16). The van der Waals surface area contributed by atoms with Crippen LogP contribution in [0.3, 0.4) is 0 Å². The number of rotatable bonds is 6. The average Bonchev–Trinajstić information content (AvgIpc) is 2.35. The summed E-state index contributed by atoms with van der Waals surface area (Å²) in [6.07, 6.45) is 0. The van der Waals surface area contributed by atoms with Gasteiger partial charge in [0.15, 0.2) is 0 Å². The summed E-state index contributed by atoms with van der Waals surface area (Å²) in [5.74, 6) is -0.391. The number of anilines is 1. The molecule has 5 nitrogen and oxygen atoms in total. The van der Waals surface area contributed by atoms with Crippen LogP contribution in [0.4, 0.5) is 5.69 Å². The lowest BCUT2D eigenvalue weighted by Crippen LogP contribution is -2.39. The van der Waals surface area contributed by atoms with Gasteiger partial charge in [0.05, 0.1) is 11.4 Å². The van der Waals surface area contributed by atoms with Gasteiger partial charge in [0.25, 0.3) is 0 Å². The number of benzene rings is 1. The maximum Gasteiger partial charge on any atom is 0.238 e. The fourth-order valence-electron chi connectivity index (χ4n) is 1.67. The van der Waals surface area contributed by atoms with Gasteiger partial charge in [0, 0.05) is 0 Å². The van der Waals surface area contributed by atoms with Crippen molar-refractivity contribution in [3.05, 3.63) is 29.8 Å². The molecule has 0 bridgehead atoms. The zero-order chi connectivity index (χ0) is 14.6. The van der Waals surface area contributed by atoms with Crippen molar-refractivity contribution < 1.29 is 13.2 Å². The number of amides is 1. The lowest BCUT2D eigenvalue weighted by atomic mass is 10.0. The van der Waals surface area contributed by atoms with Crippen LogP contribution in [0.2, 0.25) is 0 Å². The Labute approximate surface area is 114 Å². The number of primary amides is 1. The summed E-state index contributed by atoms with van der Waals surface area (Å²) in [6.45, 7) is 5.31. The van der Waals surface area contributed by atoms with Crippen molar-refractivity contribution in [1.29, 1.82) is 0 Å². The highest BCUT2D eigenvalue weighted by molar-refractivity contribution is 7.92. The Morgan fingerprint density at radius 1 is 1.26 bits per heavy atom. The molecule has 0 saturated heterocycles. The van der Waals surface area contributed by atoms with Gasteiger partial charge >= 0.3 is 0 Å². The first-order valence-electron chi connectivity index (χ1n) is 6.16. The molecule has 0 aliphatic carbocycles. The molecule has 19 heavy (non-hydrogen) atoms. The summed E-state index contributed by atoms with van der Waals surface area (Å²) in [7, 11) is -3.51. The smallest absolute Gasteiger partial charge is 0.238 e. The predicted molar refractivity (Wildman–Crippen MR) is 76.5 cm³/mol. The first-order chi connectivity index (χ1) is 8.77. The van der Waals surface area contributed by atoms with Crippen LogP contribution in [0.25, 0.3) is 0 Å². The fourth-order valence-corrected chi connectivity index (χ4v) is 2.75. The van der Waals surface area contributed by atoms with E-state index in [1.165, 1.54) is 6.92 Å². The molecule has 0 unspecified atom stereocenters. The lowest BCUT2D eigenvalue weighted by Gasteiger charge is -2.22. The summed E-state index contributed by atoms with van der Waals surface area (Å²) in [4.78, 5) is 11.0. The molecule has 2 N–H and O–H groups in total. The molecule has 1 rings (SSSR count). The van der Waals surface area contributed by atoms with Crippen LogP contribution in [0, 0.1) is 0 Å². The normalized spacial score (nSPS) is 11.6. The molecular formula is C13H20N2O3S. The van der Waals surface area contributed by atoms with E-state index in [0.717, 1.165) is 9.87 Å². The van der Waals surface area contributed by atoms with Crippen molar-refractivity contribution in [2.45, 2.75) is 26.7 Å². The van der Waals surface area contributed by atoms with Gasteiger partial charge < -0.3 is 5.73 Å². The molecule has 0 spiro atoms. The molecule has 1 aromatic carbocycles. The summed E-state index contributed by atoms with van der Waals surface area (Å²) < 4.78 is 25.0. The Morgan fingerprint density at radius 3 is 2.16 bits per heavy atom. The third-order valence-corrected chi connectivity index (χ3v) is 4.59. The number of sulfonamides is 1. The maximum atomic E-state index is 12.0. The second-order valence-corrected chi connectivity index (χ2v) is 6.80. The van der Waals surface area contributed by atoms with Crippen molar-refractivity contribution in [1.82, 2.24) is 0 Å². The highest BCUT2D eigenvalue weighted by Crippen LogP contribution is 2.22. The predicted octanol–water partition coefficient (Wildman–Crippen LogP) is 1.45. The zero-order valence-electron chi connectivity index (χ0n) is 11.5.